The van der Waals surface area contributed by atoms with Gasteiger partial charge < -0.3 is 9.84 Å². The predicted molar refractivity (Wildman–Crippen MR) is 69.4 cm³/mol. The van der Waals surface area contributed by atoms with Gasteiger partial charge in [0.15, 0.2) is 11.4 Å². The predicted octanol–water partition coefficient (Wildman–Crippen LogP) is 3.13. The smallest absolute Gasteiger partial charge is 0.358 e. The van der Waals surface area contributed by atoms with Crippen LogP contribution in [0.25, 0.3) is 0 Å². The van der Waals surface area contributed by atoms with Gasteiger partial charge in [0.1, 0.15) is 0 Å². The van der Waals surface area contributed by atoms with Crippen molar-refractivity contribution in [3.05, 3.63) is 57.4 Å². The molecule has 1 N–H and O–H groups in total. The highest BCUT2D eigenvalue weighted by Gasteiger charge is 2.19. The highest BCUT2D eigenvalue weighted by Crippen LogP contribution is 2.34. The van der Waals surface area contributed by atoms with E-state index in [9.17, 15) is 14.9 Å². The molecule has 1 aromatic carbocycles. The van der Waals surface area contributed by atoms with Gasteiger partial charge in [-0.1, -0.05) is 11.6 Å². The van der Waals surface area contributed by atoms with Crippen LogP contribution in [-0.4, -0.2) is 21.0 Å². The highest BCUT2D eigenvalue weighted by atomic mass is 35.5. The molecule has 0 aliphatic carbocycles. The van der Waals surface area contributed by atoms with Crippen molar-refractivity contribution in [3.63, 3.8) is 0 Å². The Labute approximate surface area is 117 Å². The molecule has 0 aliphatic heterocycles. The van der Waals surface area contributed by atoms with Crippen LogP contribution >= 0.6 is 11.6 Å². The van der Waals surface area contributed by atoms with Crippen LogP contribution in [0.5, 0.6) is 11.5 Å². The van der Waals surface area contributed by atoms with Crippen LogP contribution < -0.4 is 4.74 Å². The molecule has 102 valence electrons. The Balaban J connectivity index is 2.45. The van der Waals surface area contributed by atoms with Gasteiger partial charge in [0, 0.05) is 17.3 Å². The number of carboxylic acid groups (broad SMARTS) is 1. The van der Waals surface area contributed by atoms with Crippen LogP contribution in [0.2, 0.25) is 5.02 Å². The molecule has 1 heterocycles. The Morgan fingerprint density at radius 1 is 1.35 bits per heavy atom. The van der Waals surface area contributed by atoms with Crippen LogP contribution in [0.15, 0.2) is 36.5 Å². The summed E-state index contributed by atoms with van der Waals surface area (Å²) in [5, 5.41) is 20.1. The third-order valence-corrected chi connectivity index (χ3v) is 2.55. The van der Waals surface area contributed by atoms with Crippen LogP contribution in [0.3, 0.4) is 0 Å². The number of carbonyl (C=O) groups is 1. The molecule has 0 saturated carbocycles. The van der Waals surface area contributed by atoms with Crippen LogP contribution in [0.1, 0.15) is 10.5 Å². The van der Waals surface area contributed by atoms with Gasteiger partial charge in [-0.2, -0.15) is 0 Å². The summed E-state index contributed by atoms with van der Waals surface area (Å²) in [4.78, 5) is 24.9. The summed E-state index contributed by atoms with van der Waals surface area (Å²) in [7, 11) is 0. The Kier molecular flexibility index (Phi) is 3.81. The van der Waals surface area contributed by atoms with E-state index in [1.807, 2.05) is 0 Å². The van der Waals surface area contributed by atoms with Crippen molar-refractivity contribution in [3.8, 4) is 11.5 Å². The lowest BCUT2D eigenvalue weighted by molar-refractivity contribution is -0.385. The number of benzene rings is 1. The van der Waals surface area contributed by atoms with Crippen molar-refractivity contribution >= 4 is 23.3 Å². The number of nitrogens with zero attached hydrogens (tertiary/aromatic N) is 2. The van der Waals surface area contributed by atoms with Gasteiger partial charge in [-0.3, -0.25) is 10.1 Å². The minimum atomic E-state index is -1.29. The molecular weight excluding hydrogens is 288 g/mol. The second-order valence-corrected chi connectivity index (χ2v) is 4.06. The minimum absolute atomic E-state index is 0.0922. The van der Waals surface area contributed by atoms with Crippen LogP contribution in [0, 0.1) is 10.1 Å². The normalized spacial score (nSPS) is 10.1. The summed E-state index contributed by atoms with van der Waals surface area (Å²) in [5.41, 5.74) is -0.700. The number of ether oxygens (including phenoxy) is 1. The first-order valence-electron chi connectivity index (χ1n) is 5.29. The van der Waals surface area contributed by atoms with Crippen molar-refractivity contribution in [1.82, 2.24) is 4.98 Å². The number of carboxylic acids is 1. The number of halogens is 1. The maximum absolute atomic E-state index is 11.0. The lowest BCUT2D eigenvalue weighted by atomic mass is 10.3. The van der Waals surface area contributed by atoms with Gasteiger partial charge >= 0.3 is 11.7 Å². The second kappa shape index (κ2) is 5.54. The Morgan fingerprint density at radius 2 is 2.10 bits per heavy atom. The summed E-state index contributed by atoms with van der Waals surface area (Å²) >= 11 is 5.68. The lowest BCUT2D eigenvalue weighted by Gasteiger charge is -2.08. The van der Waals surface area contributed by atoms with Gasteiger partial charge in [-0.05, 0) is 24.3 Å². The lowest BCUT2D eigenvalue weighted by Crippen LogP contribution is -2.03. The van der Waals surface area contributed by atoms with E-state index in [4.69, 9.17) is 21.4 Å². The molecular formula is C12H7ClN2O5. The third kappa shape index (κ3) is 2.83. The molecule has 20 heavy (non-hydrogen) atoms. The number of aromatic nitrogens is 1. The van der Waals surface area contributed by atoms with Gasteiger partial charge in [0.25, 0.3) is 0 Å². The zero-order valence-corrected chi connectivity index (χ0v) is 10.6. The van der Waals surface area contributed by atoms with Gasteiger partial charge in [-0.15, -0.1) is 0 Å². The molecule has 0 aliphatic rings. The van der Waals surface area contributed by atoms with Gasteiger partial charge in [0.2, 0.25) is 5.75 Å². The van der Waals surface area contributed by atoms with E-state index in [0.717, 1.165) is 6.07 Å². The topological polar surface area (TPSA) is 103 Å². The van der Waals surface area contributed by atoms with Gasteiger partial charge in [-0.25, -0.2) is 9.78 Å². The first-order chi connectivity index (χ1) is 9.49. The Morgan fingerprint density at radius 3 is 2.75 bits per heavy atom. The summed E-state index contributed by atoms with van der Waals surface area (Å²) in [6, 6.07) is 6.63. The fourth-order valence-electron chi connectivity index (χ4n) is 1.47. The third-order valence-electron chi connectivity index (χ3n) is 2.31. The Bertz CT molecular complexity index is 689. The number of pyridine rings is 1. The number of nitro groups is 1. The van der Waals surface area contributed by atoms with E-state index < -0.39 is 10.9 Å². The van der Waals surface area contributed by atoms with E-state index in [2.05, 4.69) is 4.98 Å². The molecule has 2 rings (SSSR count). The zero-order chi connectivity index (χ0) is 14.7. The van der Waals surface area contributed by atoms with E-state index >= 15 is 0 Å². The quantitative estimate of drug-likeness (QED) is 0.686. The van der Waals surface area contributed by atoms with E-state index in [-0.39, 0.29) is 27.9 Å². The van der Waals surface area contributed by atoms with E-state index in [0.29, 0.717) is 0 Å². The molecule has 8 heteroatoms. The van der Waals surface area contributed by atoms with Crippen molar-refractivity contribution in [1.29, 1.82) is 0 Å². The monoisotopic (exact) mass is 294 g/mol. The average molecular weight is 295 g/mol. The zero-order valence-electron chi connectivity index (χ0n) is 9.82. The van der Waals surface area contributed by atoms with Crippen molar-refractivity contribution < 1.29 is 19.6 Å². The summed E-state index contributed by atoms with van der Waals surface area (Å²) < 4.78 is 5.27. The van der Waals surface area contributed by atoms with E-state index in [1.54, 1.807) is 0 Å². The molecule has 0 bridgehead atoms. The standard InChI is InChI=1S/C12H7ClN2O5/c13-7-3-4-9(8(6-7)15(18)19)20-10-2-1-5-14-11(10)12(16)17/h1-6H,(H,16,17). The largest absolute Gasteiger partial charge is 0.476 e. The number of rotatable bonds is 4. The fourth-order valence-corrected chi connectivity index (χ4v) is 1.64. The maximum atomic E-state index is 11.0. The van der Waals surface area contributed by atoms with Crippen LogP contribution in [0.4, 0.5) is 5.69 Å². The summed E-state index contributed by atoms with van der Waals surface area (Å²) in [5.74, 6) is -1.50. The average Bonchev–Trinajstić information content (AvgIpc) is 2.41. The molecule has 0 radical (unpaired) electrons. The maximum Gasteiger partial charge on any atom is 0.358 e. The second-order valence-electron chi connectivity index (χ2n) is 3.63. The highest BCUT2D eigenvalue weighted by molar-refractivity contribution is 6.30. The summed E-state index contributed by atoms with van der Waals surface area (Å²) in [6.45, 7) is 0. The number of hydrogen-bond acceptors (Lipinski definition) is 5. The van der Waals surface area contributed by atoms with Crippen LogP contribution in [-0.2, 0) is 0 Å². The fraction of sp³-hybridized carbons (Fsp3) is 0. The molecule has 7 nitrogen and oxygen atoms in total. The minimum Gasteiger partial charge on any atom is -0.476 e. The molecule has 0 fully saturated rings. The van der Waals surface area contributed by atoms with Crippen molar-refractivity contribution in [2.45, 2.75) is 0 Å². The number of aromatic carboxylic acids is 1. The molecule has 2 aromatic rings. The first kappa shape index (κ1) is 13.8. The van der Waals surface area contributed by atoms with Crippen molar-refractivity contribution in [2.75, 3.05) is 0 Å². The Hall–Kier alpha value is -2.67. The molecule has 0 unspecified atom stereocenters. The molecule has 0 amide bonds. The molecule has 0 saturated heterocycles. The number of nitro benzene ring substituents is 1. The molecule has 0 atom stereocenters. The van der Waals surface area contributed by atoms with E-state index in [1.165, 1.54) is 30.5 Å². The first-order valence-corrected chi connectivity index (χ1v) is 5.67. The molecule has 1 aromatic heterocycles. The SMILES string of the molecule is O=C(O)c1ncccc1Oc1ccc(Cl)cc1[N+](=O)[O-]. The molecule has 0 spiro atoms. The summed E-state index contributed by atoms with van der Waals surface area (Å²) in [6.07, 6.45) is 1.28. The van der Waals surface area contributed by atoms with Gasteiger partial charge in [0.05, 0.1) is 4.92 Å². The van der Waals surface area contributed by atoms with Crippen molar-refractivity contribution in [2.24, 2.45) is 0 Å². The number of hydrogen-bond donors (Lipinski definition) is 1.